The van der Waals surface area contributed by atoms with Gasteiger partial charge in [0.1, 0.15) is 10.8 Å². The number of hydrogen-bond acceptors (Lipinski definition) is 5. The second kappa shape index (κ2) is 8.62. The minimum Gasteiger partial charge on any atom is -0.365 e. The maximum Gasteiger partial charge on any atom is 0.251 e. The first-order valence-corrected chi connectivity index (χ1v) is 11.8. The number of piperidine rings is 1. The van der Waals surface area contributed by atoms with Crippen LogP contribution in [0, 0.1) is 25.6 Å². The summed E-state index contributed by atoms with van der Waals surface area (Å²) < 4.78 is 40.1. The summed E-state index contributed by atoms with van der Waals surface area (Å²) in [6.45, 7) is 3.89. The number of halogens is 2. The van der Waals surface area contributed by atoms with Crippen molar-refractivity contribution in [3.05, 3.63) is 45.0 Å². The average Bonchev–Trinajstić information content (AvgIpc) is 2.97. The highest BCUT2D eigenvalue weighted by Crippen LogP contribution is 2.33. The van der Waals surface area contributed by atoms with Crippen molar-refractivity contribution in [1.82, 2.24) is 4.31 Å². The van der Waals surface area contributed by atoms with Gasteiger partial charge in [-0.15, -0.1) is 11.3 Å². The fourth-order valence-corrected chi connectivity index (χ4v) is 6.18. The van der Waals surface area contributed by atoms with E-state index in [1.807, 2.05) is 6.92 Å². The van der Waals surface area contributed by atoms with E-state index in [0.717, 1.165) is 22.6 Å². The van der Waals surface area contributed by atoms with Gasteiger partial charge >= 0.3 is 0 Å². The van der Waals surface area contributed by atoms with Gasteiger partial charge in [0, 0.05) is 23.9 Å². The molecule has 0 spiro atoms. The lowest BCUT2D eigenvalue weighted by Gasteiger charge is -2.30. The molecule has 7 nitrogen and oxygen atoms in total. The lowest BCUT2D eigenvalue weighted by Crippen LogP contribution is -2.41. The van der Waals surface area contributed by atoms with Crippen molar-refractivity contribution < 1.29 is 22.4 Å². The smallest absolute Gasteiger partial charge is 0.251 e. The number of carbonyl (C=O) groups is 2. The molecule has 1 aliphatic rings. The maximum atomic E-state index is 13.3. The Morgan fingerprint density at radius 1 is 1.27 bits per heavy atom. The van der Waals surface area contributed by atoms with Crippen molar-refractivity contribution in [2.75, 3.05) is 18.4 Å². The van der Waals surface area contributed by atoms with Crippen molar-refractivity contribution in [3.63, 3.8) is 0 Å². The zero-order chi connectivity index (χ0) is 22.2. The molecule has 162 valence electrons. The minimum atomic E-state index is -3.84. The van der Waals surface area contributed by atoms with Gasteiger partial charge in [-0.25, -0.2) is 12.8 Å². The Labute approximate surface area is 183 Å². The normalized spacial score (nSPS) is 15.9. The number of nitrogens with two attached hydrogens (primary N) is 1. The van der Waals surface area contributed by atoms with Crippen molar-refractivity contribution in [3.8, 4) is 0 Å². The molecule has 2 aromatic rings. The highest BCUT2D eigenvalue weighted by Gasteiger charge is 2.33. The molecular weight excluding hydrogens is 453 g/mol. The Kier molecular flexibility index (Phi) is 6.51. The van der Waals surface area contributed by atoms with E-state index in [2.05, 4.69) is 5.32 Å². The standard InChI is InChI=1S/C19H21ClFN3O4S2/c1-10-11(2)29-19(16(10)17(22)25)23-18(26)12-5-7-24(8-6-12)30(27,28)13-3-4-15(21)14(20)9-13/h3-4,9,12H,5-8H2,1-2H3,(H2,22,25)(H,23,26). The number of benzene rings is 1. The molecule has 0 aliphatic carbocycles. The number of thiophene rings is 1. The van der Waals surface area contributed by atoms with Crippen LogP contribution in [0.4, 0.5) is 9.39 Å². The number of hydrogen-bond donors (Lipinski definition) is 2. The molecule has 3 N–H and O–H groups in total. The minimum absolute atomic E-state index is 0.0903. The monoisotopic (exact) mass is 473 g/mol. The van der Waals surface area contributed by atoms with Gasteiger partial charge in [0.2, 0.25) is 15.9 Å². The van der Waals surface area contributed by atoms with E-state index in [4.69, 9.17) is 17.3 Å². The lowest BCUT2D eigenvalue weighted by atomic mass is 9.97. The third-order valence-electron chi connectivity index (χ3n) is 5.22. The van der Waals surface area contributed by atoms with Gasteiger partial charge in [-0.3, -0.25) is 9.59 Å². The molecule has 2 heterocycles. The summed E-state index contributed by atoms with van der Waals surface area (Å²) >= 11 is 6.99. The fourth-order valence-electron chi connectivity index (χ4n) is 3.37. The van der Waals surface area contributed by atoms with Crippen molar-refractivity contribution in [1.29, 1.82) is 0 Å². The molecular formula is C19H21ClFN3O4S2. The summed E-state index contributed by atoms with van der Waals surface area (Å²) in [6.07, 6.45) is 0.629. The van der Waals surface area contributed by atoms with E-state index in [-0.39, 0.29) is 28.9 Å². The van der Waals surface area contributed by atoms with Gasteiger partial charge in [-0.1, -0.05) is 11.6 Å². The molecule has 0 atom stereocenters. The van der Waals surface area contributed by atoms with E-state index in [1.165, 1.54) is 21.7 Å². The van der Waals surface area contributed by atoms with Gasteiger partial charge in [0.05, 0.1) is 15.5 Å². The number of primary amides is 1. The van der Waals surface area contributed by atoms with Crippen LogP contribution in [0.25, 0.3) is 0 Å². The number of sulfonamides is 1. The van der Waals surface area contributed by atoms with Crippen LogP contribution in [-0.4, -0.2) is 37.6 Å². The summed E-state index contributed by atoms with van der Waals surface area (Å²) in [5, 5.41) is 2.92. The molecule has 1 saturated heterocycles. The van der Waals surface area contributed by atoms with Gasteiger partial charge < -0.3 is 11.1 Å². The van der Waals surface area contributed by atoms with Crippen LogP contribution in [0.3, 0.4) is 0 Å². The molecule has 0 bridgehead atoms. The predicted octanol–water partition coefficient (Wildman–Crippen LogP) is 3.30. The Hall–Kier alpha value is -2.01. The molecule has 3 rings (SSSR count). The summed E-state index contributed by atoms with van der Waals surface area (Å²) in [7, 11) is -3.84. The molecule has 11 heteroatoms. The Balaban J connectivity index is 1.68. The zero-order valence-corrected chi connectivity index (χ0v) is 18.8. The molecule has 1 aromatic heterocycles. The van der Waals surface area contributed by atoms with E-state index in [0.29, 0.717) is 23.4 Å². The number of aryl methyl sites for hydroxylation is 1. The molecule has 0 saturated carbocycles. The second-order valence-electron chi connectivity index (χ2n) is 7.10. The van der Waals surface area contributed by atoms with Crippen LogP contribution in [0.1, 0.15) is 33.6 Å². The van der Waals surface area contributed by atoms with Crippen molar-refractivity contribution >= 4 is 49.8 Å². The summed E-state index contributed by atoms with van der Waals surface area (Å²) in [6, 6.07) is 3.26. The lowest BCUT2D eigenvalue weighted by molar-refractivity contribution is -0.120. The Bertz CT molecular complexity index is 1110. The second-order valence-corrected chi connectivity index (χ2v) is 10.7. The largest absolute Gasteiger partial charge is 0.365 e. The third kappa shape index (κ3) is 4.36. The summed E-state index contributed by atoms with van der Waals surface area (Å²) in [4.78, 5) is 25.2. The van der Waals surface area contributed by atoms with Crippen LogP contribution >= 0.6 is 22.9 Å². The topological polar surface area (TPSA) is 110 Å². The fraction of sp³-hybridized carbons (Fsp3) is 0.368. The first-order valence-electron chi connectivity index (χ1n) is 9.18. The average molecular weight is 474 g/mol. The molecule has 1 aliphatic heterocycles. The molecule has 2 amide bonds. The Morgan fingerprint density at radius 3 is 2.47 bits per heavy atom. The van der Waals surface area contributed by atoms with E-state index >= 15 is 0 Å². The van der Waals surface area contributed by atoms with E-state index in [1.54, 1.807) is 6.92 Å². The molecule has 1 aromatic carbocycles. The highest BCUT2D eigenvalue weighted by atomic mass is 35.5. The summed E-state index contributed by atoms with van der Waals surface area (Å²) in [5.41, 5.74) is 6.48. The van der Waals surface area contributed by atoms with Crippen LogP contribution in [0.5, 0.6) is 0 Å². The van der Waals surface area contributed by atoms with Gasteiger partial charge in [-0.05, 0) is 50.5 Å². The van der Waals surface area contributed by atoms with Crippen LogP contribution < -0.4 is 11.1 Å². The van der Waals surface area contributed by atoms with Gasteiger partial charge in [-0.2, -0.15) is 4.31 Å². The maximum absolute atomic E-state index is 13.3. The van der Waals surface area contributed by atoms with E-state index < -0.39 is 27.7 Å². The summed E-state index contributed by atoms with van der Waals surface area (Å²) in [5.74, 6) is -1.98. The number of nitrogens with one attached hydrogen (secondary N) is 1. The first-order chi connectivity index (χ1) is 14.0. The van der Waals surface area contributed by atoms with E-state index in [9.17, 15) is 22.4 Å². The molecule has 0 radical (unpaired) electrons. The SMILES string of the molecule is Cc1sc(NC(=O)C2CCN(S(=O)(=O)c3ccc(F)c(Cl)c3)CC2)c(C(N)=O)c1C. The van der Waals surface area contributed by atoms with Crippen LogP contribution in [0.15, 0.2) is 23.1 Å². The number of nitrogens with zero attached hydrogens (tertiary/aromatic N) is 1. The van der Waals surface area contributed by atoms with Crippen LogP contribution in [0.2, 0.25) is 5.02 Å². The molecule has 0 unspecified atom stereocenters. The van der Waals surface area contributed by atoms with Crippen LogP contribution in [-0.2, 0) is 14.8 Å². The van der Waals surface area contributed by atoms with Gasteiger partial charge in [0.25, 0.3) is 5.91 Å². The predicted molar refractivity (Wildman–Crippen MR) is 114 cm³/mol. The number of rotatable bonds is 5. The zero-order valence-electron chi connectivity index (χ0n) is 16.4. The number of carbonyl (C=O) groups excluding carboxylic acids is 2. The molecule has 1 fully saturated rings. The van der Waals surface area contributed by atoms with Crippen molar-refractivity contribution in [2.45, 2.75) is 31.6 Å². The number of amides is 2. The van der Waals surface area contributed by atoms with Gasteiger partial charge in [0.15, 0.2) is 0 Å². The quantitative estimate of drug-likeness (QED) is 0.694. The first kappa shape index (κ1) is 22.7. The Morgan fingerprint density at radius 2 is 1.90 bits per heavy atom. The number of anilines is 1. The van der Waals surface area contributed by atoms with Crippen molar-refractivity contribution in [2.24, 2.45) is 11.7 Å². The highest BCUT2D eigenvalue weighted by molar-refractivity contribution is 7.89. The molecule has 30 heavy (non-hydrogen) atoms. The third-order valence-corrected chi connectivity index (χ3v) is 8.53.